The second kappa shape index (κ2) is 7.24. The fourth-order valence-electron chi connectivity index (χ4n) is 2.62. The highest BCUT2D eigenvalue weighted by atomic mass is 35.5. The van der Waals surface area contributed by atoms with Crippen LogP contribution in [0.3, 0.4) is 0 Å². The van der Waals surface area contributed by atoms with Crippen LogP contribution in [0.1, 0.15) is 28.8 Å². The predicted octanol–water partition coefficient (Wildman–Crippen LogP) is 4.81. The Morgan fingerprint density at radius 1 is 1.00 bits per heavy atom. The summed E-state index contributed by atoms with van der Waals surface area (Å²) in [6.07, 6.45) is 2.19. The molecule has 0 unspecified atom stereocenters. The molecule has 1 aliphatic heterocycles. The van der Waals surface area contributed by atoms with Gasteiger partial charge in [0.1, 0.15) is 12.4 Å². The number of nitrogens with zero attached hydrogens (tertiary/aromatic N) is 1. The molecular formula is C18H17Cl2NO2. The van der Waals surface area contributed by atoms with E-state index in [2.05, 4.69) is 0 Å². The van der Waals surface area contributed by atoms with E-state index in [1.807, 2.05) is 29.2 Å². The van der Waals surface area contributed by atoms with Gasteiger partial charge in [-0.05, 0) is 48.7 Å². The Morgan fingerprint density at radius 2 is 1.61 bits per heavy atom. The fourth-order valence-corrected chi connectivity index (χ4v) is 3.13. The summed E-state index contributed by atoms with van der Waals surface area (Å²) >= 11 is 11.9. The molecule has 120 valence electrons. The van der Waals surface area contributed by atoms with E-state index in [4.69, 9.17) is 27.9 Å². The minimum absolute atomic E-state index is 0.108. The summed E-state index contributed by atoms with van der Waals surface area (Å²) in [6.45, 7) is 2.12. The molecule has 3 nitrogen and oxygen atoms in total. The Labute approximate surface area is 145 Å². The van der Waals surface area contributed by atoms with Gasteiger partial charge in [-0.1, -0.05) is 35.3 Å². The Hall–Kier alpha value is -1.71. The molecule has 2 aromatic rings. The number of hydrogen-bond acceptors (Lipinski definition) is 2. The van der Waals surface area contributed by atoms with Gasteiger partial charge in [-0.25, -0.2) is 0 Å². The van der Waals surface area contributed by atoms with Crippen LogP contribution in [0.25, 0.3) is 0 Å². The zero-order valence-corrected chi connectivity index (χ0v) is 14.1. The highest BCUT2D eigenvalue weighted by Crippen LogP contribution is 2.25. The van der Waals surface area contributed by atoms with E-state index in [1.165, 1.54) is 0 Å². The molecule has 0 atom stereocenters. The predicted molar refractivity (Wildman–Crippen MR) is 92.4 cm³/mol. The molecule has 0 bridgehead atoms. The van der Waals surface area contributed by atoms with Crippen LogP contribution in [-0.2, 0) is 6.61 Å². The van der Waals surface area contributed by atoms with Crippen LogP contribution >= 0.6 is 23.2 Å². The van der Waals surface area contributed by atoms with E-state index in [1.54, 1.807) is 18.2 Å². The van der Waals surface area contributed by atoms with Crippen molar-refractivity contribution in [3.8, 4) is 5.75 Å². The number of halogens is 2. The second-order valence-corrected chi connectivity index (χ2v) is 6.46. The van der Waals surface area contributed by atoms with Gasteiger partial charge in [0.15, 0.2) is 0 Å². The molecule has 5 heteroatoms. The van der Waals surface area contributed by atoms with Crippen molar-refractivity contribution in [2.45, 2.75) is 19.4 Å². The van der Waals surface area contributed by atoms with Gasteiger partial charge in [0.05, 0.1) is 0 Å². The largest absolute Gasteiger partial charge is 0.489 e. The summed E-state index contributed by atoms with van der Waals surface area (Å²) in [7, 11) is 0. The summed E-state index contributed by atoms with van der Waals surface area (Å²) in [6, 6.07) is 12.6. The number of ether oxygens (including phenoxy) is 1. The molecule has 0 saturated carbocycles. The average molecular weight is 350 g/mol. The summed E-state index contributed by atoms with van der Waals surface area (Å²) in [5, 5.41) is 1.08. The third-order valence-electron chi connectivity index (χ3n) is 3.84. The van der Waals surface area contributed by atoms with E-state index in [-0.39, 0.29) is 5.91 Å². The zero-order chi connectivity index (χ0) is 16.2. The van der Waals surface area contributed by atoms with Gasteiger partial charge < -0.3 is 9.64 Å². The lowest BCUT2D eigenvalue weighted by atomic mass is 10.1. The van der Waals surface area contributed by atoms with E-state index >= 15 is 0 Å². The van der Waals surface area contributed by atoms with Crippen molar-refractivity contribution in [1.82, 2.24) is 4.90 Å². The van der Waals surface area contributed by atoms with Crippen molar-refractivity contribution in [2.75, 3.05) is 13.1 Å². The number of carbonyl (C=O) groups excluding carboxylic acids is 1. The van der Waals surface area contributed by atoms with Gasteiger partial charge in [0, 0.05) is 28.7 Å². The van der Waals surface area contributed by atoms with Crippen molar-refractivity contribution < 1.29 is 9.53 Å². The standard InChI is InChI=1S/C18H17Cl2NO2/c19-15-9-16(20)11-17(10-15)23-12-13-3-5-14(6-4-13)18(22)21-7-1-2-8-21/h3-6,9-11H,1-2,7-8,12H2. The van der Waals surface area contributed by atoms with Crippen LogP contribution in [0, 0.1) is 0 Å². The number of rotatable bonds is 4. The lowest BCUT2D eigenvalue weighted by Gasteiger charge is -2.15. The maximum absolute atomic E-state index is 12.3. The van der Waals surface area contributed by atoms with Crippen LogP contribution in [0.15, 0.2) is 42.5 Å². The minimum Gasteiger partial charge on any atom is -0.489 e. The van der Waals surface area contributed by atoms with Gasteiger partial charge in [0.25, 0.3) is 5.91 Å². The molecule has 3 rings (SSSR count). The number of amides is 1. The number of hydrogen-bond donors (Lipinski definition) is 0. The Bertz CT molecular complexity index is 674. The van der Waals surface area contributed by atoms with Crippen molar-refractivity contribution in [2.24, 2.45) is 0 Å². The first-order valence-electron chi connectivity index (χ1n) is 7.59. The molecule has 0 aliphatic carbocycles. The van der Waals surface area contributed by atoms with Gasteiger partial charge in [-0.3, -0.25) is 4.79 Å². The van der Waals surface area contributed by atoms with Crippen LogP contribution < -0.4 is 4.74 Å². The molecule has 1 fully saturated rings. The minimum atomic E-state index is 0.108. The third kappa shape index (κ3) is 4.18. The van der Waals surface area contributed by atoms with Crippen LogP contribution in [0.4, 0.5) is 0 Å². The first-order chi connectivity index (χ1) is 11.1. The number of likely N-dealkylation sites (tertiary alicyclic amines) is 1. The van der Waals surface area contributed by atoms with Gasteiger partial charge in [0.2, 0.25) is 0 Å². The summed E-state index contributed by atoms with van der Waals surface area (Å²) < 4.78 is 5.69. The maximum Gasteiger partial charge on any atom is 0.253 e. The van der Waals surface area contributed by atoms with E-state index in [0.717, 1.165) is 37.1 Å². The summed E-state index contributed by atoms with van der Waals surface area (Å²) in [5.41, 5.74) is 1.71. The van der Waals surface area contributed by atoms with Crippen LogP contribution in [-0.4, -0.2) is 23.9 Å². The van der Waals surface area contributed by atoms with Crippen molar-refractivity contribution in [3.63, 3.8) is 0 Å². The van der Waals surface area contributed by atoms with Crippen molar-refractivity contribution in [1.29, 1.82) is 0 Å². The first-order valence-corrected chi connectivity index (χ1v) is 8.34. The third-order valence-corrected chi connectivity index (χ3v) is 4.27. The highest BCUT2D eigenvalue weighted by Gasteiger charge is 2.19. The molecule has 23 heavy (non-hydrogen) atoms. The van der Waals surface area contributed by atoms with Crippen molar-refractivity contribution in [3.05, 3.63) is 63.6 Å². The zero-order valence-electron chi connectivity index (χ0n) is 12.6. The molecule has 1 heterocycles. The molecular weight excluding hydrogens is 333 g/mol. The van der Waals surface area contributed by atoms with Crippen LogP contribution in [0.5, 0.6) is 5.75 Å². The normalized spacial score (nSPS) is 14.1. The Balaban J connectivity index is 1.62. The average Bonchev–Trinajstić information content (AvgIpc) is 3.06. The van der Waals surface area contributed by atoms with E-state index in [9.17, 15) is 4.79 Å². The van der Waals surface area contributed by atoms with E-state index < -0.39 is 0 Å². The Morgan fingerprint density at radius 3 is 2.22 bits per heavy atom. The lowest BCUT2D eigenvalue weighted by Crippen LogP contribution is -2.27. The monoisotopic (exact) mass is 349 g/mol. The highest BCUT2D eigenvalue weighted by molar-refractivity contribution is 6.34. The number of benzene rings is 2. The van der Waals surface area contributed by atoms with Crippen LogP contribution in [0.2, 0.25) is 10.0 Å². The van der Waals surface area contributed by atoms with E-state index in [0.29, 0.717) is 22.4 Å². The molecule has 2 aromatic carbocycles. The fraction of sp³-hybridized carbons (Fsp3) is 0.278. The number of carbonyl (C=O) groups is 1. The van der Waals surface area contributed by atoms with Crippen molar-refractivity contribution >= 4 is 29.1 Å². The smallest absolute Gasteiger partial charge is 0.253 e. The molecule has 0 radical (unpaired) electrons. The summed E-state index contributed by atoms with van der Waals surface area (Å²) in [4.78, 5) is 14.2. The molecule has 0 aromatic heterocycles. The summed E-state index contributed by atoms with van der Waals surface area (Å²) in [5.74, 6) is 0.733. The SMILES string of the molecule is O=C(c1ccc(COc2cc(Cl)cc(Cl)c2)cc1)N1CCCC1. The maximum atomic E-state index is 12.3. The molecule has 1 aliphatic rings. The topological polar surface area (TPSA) is 29.5 Å². The lowest BCUT2D eigenvalue weighted by molar-refractivity contribution is 0.0793. The molecule has 1 amide bonds. The molecule has 0 N–H and O–H groups in total. The Kier molecular flexibility index (Phi) is 5.09. The van der Waals surface area contributed by atoms with Gasteiger partial charge >= 0.3 is 0 Å². The first kappa shape index (κ1) is 16.2. The van der Waals surface area contributed by atoms with Gasteiger partial charge in [-0.15, -0.1) is 0 Å². The second-order valence-electron chi connectivity index (χ2n) is 5.59. The molecule has 0 spiro atoms. The van der Waals surface area contributed by atoms with Gasteiger partial charge in [-0.2, -0.15) is 0 Å². The quantitative estimate of drug-likeness (QED) is 0.792. The molecule has 1 saturated heterocycles.